The molecule has 3 rings (SSSR count). The van der Waals surface area contributed by atoms with E-state index in [9.17, 15) is 14.7 Å². The van der Waals surface area contributed by atoms with Crippen LogP contribution in [0.5, 0.6) is 11.5 Å². The molecular formula is C27H32N2O4. The average Bonchev–Trinajstić information content (AvgIpc) is 2.84. The second kappa shape index (κ2) is 11.4. The molecule has 2 aromatic carbocycles. The Morgan fingerprint density at radius 1 is 1.09 bits per heavy atom. The molecule has 0 unspecified atom stereocenters. The number of pyridine rings is 1. The van der Waals surface area contributed by atoms with Crippen molar-refractivity contribution in [1.29, 1.82) is 0 Å². The lowest BCUT2D eigenvalue weighted by Crippen LogP contribution is -2.21. The SMILES string of the molecule is CC=C(CC)Oc1c(O)c(=O)n(CCCCCC)c2cc(NC(=O)c3ccccc3)ccc12. The van der Waals surface area contributed by atoms with Crippen LogP contribution in [-0.2, 0) is 6.54 Å². The van der Waals surface area contributed by atoms with Crippen LogP contribution in [0.1, 0.15) is 63.2 Å². The molecule has 33 heavy (non-hydrogen) atoms. The van der Waals surface area contributed by atoms with Crippen LogP contribution in [0.3, 0.4) is 0 Å². The van der Waals surface area contributed by atoms with Crippen LogP contribution in [0.4, 0.5) is 5.69 Å². The number of ether oxygens (including phenoxy) is 1. The molecule has 0 saturated carbocycles. The maximum Gasteiger partial charge on any atom is 0.297 e. The maximum absolute atomic E-state index is 13.1. The van der Waals surface area contributed by atoms with Gasteiger partial charge >= 0.3 is 0 Å². The number of unbranched alkanes of at least 4 members (excludes halogenated alkanes) is 3. The Hall–Kier alpha value is -3.54. The van der Waals surface area contributed by atoms with E-state index in [1.807, 2.05) is 38.1 Å². The van der Waals surface area contributed by atoms with E-state index in [2.05, 4.69) is 12.2 Å². The molecule has 6 nitrogen and oxygen atoms in total. The Bertz CT molecular complexity index is 1200. The van der Waals surface area contributed by atoms with Crippen molar-refractivity contribution < 1.29 is 14.6 Å². The Kier molecular flexibility index (Phi) is 8.30. The van der Waals surface area contributed by atoms with Crippen LogP contribution in [-0.4, -0.2) is 15.6 Å². The fraction of sp³-hybridized carbons (Fsp3) is 0.333. The summed E-state index contributed by atoms with van der Waals surface area (Å²) in [6.07, 6.45) is 6.43. The average molecular weight is 449 g/mol. The van der Waals surface area contributed by atoms with Crippen molar-refractivity contribution in [3.63, 3.8) is 0 Å². The van der Waals surface area contributed by atoms with Crippen LogP contribution >= 0.6 is 0 Å². The molecule has 1 aromatic heterocycles. The topological polar surface area (TPSA) is 80.6 Å². The second-order valence-electron chi connectivity index (χ2n) is 7.96. The highest BCUT2D eigenvalue weighted by molar-refractivity contribution is 6.05. The Labute approximate surface area is 194 Å². The quantitative estimate of drug-likeness (QED) is 0.284. The van der Waals surface area contributed by atoms with Crippen molar-refractivity contribution in [1.82, 2.24) is 4.57 Å². The summed E-state index contributed by atoms with van der Waals surface area (Å²) in [5, 5.41) is 14.2. The lowest BCUT2D eigenvalue weighted by molar-refractivity contribution is 0.102. The largest absolute Gasteiger partial charge is 0.500 e. The normalized spacial score (nSPS) is 11.5. The van der Waals surface area contributed by atoms with Crippen LogP contribution in [0, 0.1) is 0 Å². The first-order valence-electron chi connectivity index (χ1n) is 11.6. The van der Waals surface area contributed by atoms with Gasteiger partial charge in [0.1, 0.15) is 0 Å². The van der Waals surface area contributed by atoms with Crippen molar-refractivity contribution in [2.24, 2.45) is 0 Å². The van der Waals surface area contributed by atoms with Gasteiger partial charge in [-0.15, -0.1) is 0 Å². The van der Waals surface area contributed by atoms with E-state index in [0.717, 1.165) is 25.7 Å². The first kappa shape index (κ1) is 24.1. The Morgan fingerprint density at radius 3 is 2.52 bits per heavy atom. The number of amides is 1. The molecule has 1 heterocycles. The van der Waals surface area contributed by atoms with E-state index in [1.54, 1.807) is 34.9 Å². The first-order chi connectivity index (χ1) is 16.0. The fourth-order valence-electron chi connectivity index (χ4n) is 3.77. The summed E-state index contributed by atoms with van der Waals surface area (Å²) < 4.78 is 7.51. The van der Waals surface area contributed by atoms with Gasteiger partial charge in [0.25, 0.3) is 11.5 Å². The van der Waals surface area contributed by atoms with Crippen molar-refractivity contribution in [3.8, 4) is 11.5 Å². The third kappa shape index (κ3) is 5.64. The van der Waals surface area contributed by atoms with Gasteiger partial charge in [0.15, 0.2) is 5.75 Å². The summed E-state index contributed by atoms with van der Waals surface area (Å²) >= 11 is 0. The highest BCUT2D eigenvalue weighted by atomic mass is 16.5. The van der Waals surface area contributed by atoms with E-state index < -0.39 is 11.3 Å². The monoisotopic (exact) mass is 448 g/mol. The number of allylic oxidation sites excluding steroid dienone is 2. The lowest BCUT2D eigenvalue weighted by atomic mass is 10.1. The molecule has 0 bridgehead atoms. The van der Waals surface area contributed by atoms with Crippen molar-refractivity contribution in [3.05, 3.63) is 76.3 Å². The summed E-state index contributed by atoms with van der Waals surface area (Å²) in [4.78, 5) is 25.7. The van der Waals surface area contributed by atoms with Crippen LogP contribution in [0.15, 0.2) is 65.2 Å². The predicted molar refractivity (Wildman–Crippen MR) is 133 cm³/mol. The number of anilines is 1. The summed E-state index contributed by atoms with van der Waals surface area (Å²) in [5.41, 5.74) is 1.23. The molecule has 0 atom stereocenters. The van der Waals surface area contributed by atoms with E-state index in [4.69, 9.17) is 4.74 Å². The zero-order valence-electron chi connectivity index (χ0n) is 19.6. The van der Waals surface area contributed by atoms with Gasteiger partial charge in [-0.25, -0.2) is 0 Å². The van der Waals surface area contributed by atoms with Gasteiger partial charge in [-0.3, -0.25) is 9.59 Å². The minimum absolute atomic E-state index is 0.149. The van der Waals surface area contributed by atoms with E-state index in [0.29, 0.717) is 40.9 Å². The van der Waals surface area contributed by atoms with Crippen LogP contribution in [0.25, 0.3) is 10.9 Å². The molecule has 0 radical (unpaired) electrons. The number of aryl methyl sites for hydroxylation is 1. The van der Waals surface area contributed by atoms with E-state index in [-0.39, 0.29) is 11.7 Å². The van der Waals surface area contributed by atoms with Gasteiger partial charge < -0.3 is 19.7 Å². The lowest BCUT2D eigenvalue weighted by Gasteiger charge is -2.18. The van der Waals surface area contributed by atoms with E-state index in [1.165, 1.54) is 0 Å². The third-order valence-electron chi connectivity index (χ3n) is 5.63. The van der Waals surface area contributed by atoms with Gasteiger partial charge in [0.05, 0.1) is 11.3 Å². The molecular weight excluding hydrogens is 416 g/mol. The minimum atomic E-state index is -0.493. The molecule has 3 aromatic rings. The summed E-state index contributed by atoms with van der Waals surface area (Å²) in [5.74, 6) is 0.180. The molecule has 6 heteroatoms. The number of hydrogen-bond donors (Lipinski definition) is 2. The number of rotatable bonds is 10. The number of benzene rings is 2. The number of aromatic nitrogens is 1. The van der Waals surface area contributed by atoms with Crippen LogP contribution < -0.4 is 15.6 Å². The summed E-state index contributed by atoms with van der Waals surface area (Å²) in [6, 6.07) is 14.3. The zero-order valence-corrected chi connectivity index (χ0v) is 19.6. The third-order valence-corrected chi connectivity index (χ3v) is 5.63. The van der Waals surface area contributed by atoms with Gasteiger partial charge in [0.2, 0.25) is 5.75 Å². The number of carbonyl (C=O) groups is 1. The van der Waals surface area contributed by atoms with Gasteiger partial charge in [-0.2, -0.15) is 0 Å². The summed E-state index contributed by atoms with van der Waals surface area (Å²) in [7, 11) is 0. The van der Waals surface area contributed by atoms with Gasteiger partial charge in [0, 0.05) is 29.6 Å². The highest BCUT2D eigenvalue weighted by Crippen LogP contribution is 2.35. The van der Waals surface area contributed by atoms with Gasteiger partial charge in [-0.1, -0.05) is 51.3 Å². The van der Waals surface area contributed by atoms with Crippen LogP contribution in [0.2, 0.25) is 0 Å². The molecule has 0 aliphatic heterocycles. The van der Waals surface area contributed by atoms with E-state index >= 15 is 0 Å². The van der Waals surface area contributed by atoms with Gasteiger partial charge in [-0.05, 0) is 49.8 Å². The zero-order chi connectivity index (χ0) is 23.8. The summed E-state index contributed by atoms with van der Waals surface area (Å²) in [6.45, 7) is 6.41. The maximum atomic E-state index is 13.1. The predicted octanol–water partition coefficient (Wildman–Crippen LogP) is 6.23. The molecule has 0 spiro atoms. The fourth-order valence-corrected chi connectivity index (χ4v) is 3.77. The number of nitrogens with one attached hydrogen (secondary N) is 1. The number of carbonyl (C=O) groups excluding carboxylic acids is 1. The smallest absolute Gasteiger partial charge is 0.297 e. The molecule has 1 amide bonds. The molecule has 0 fully saturated rings. The number of fused-ring (bicyclic) bond motifs is 1. The number of aromatic hydroxyl groups is 1. The van der Waals surface area contributed by atoms with Crippen molar-refractivity contribution in [2.75, 3.05) is 5.32 Å². The van der Waals surface area contributed by atoms with Crippen molar-refractivity contribution in [2.45, 2.75) is 59.4 Å². The molecule has 2 N–H and O–H groups in total. The standard InChI is InChI=1S/C27H32N2O4/c1-4-7-8-12-17-29-23-18-20(28-26(31)19-13-10-9-11-14-19)15-16-22(23)25(24(30)27(29)32)33-21(5-2)6-3/h5,9-11,13-16,18,30H,4,6-8,12,17H2,1-3H3,(H,28,31). The number of hydrogen-bond acceptors (Lipinski definition) is 4. The van der Waals surface area contributed by atoms with Crippen molar-refractivity contribution >= 4 is 22.5 Å². The molecule has 0 aliphatic rings. The highest BCUT2D eigenvalue weighted by Gasteiger charge is 2.19. The first-order valence-corrected chi connectivity index (χ1v) is 11.6. The second-order valence-corrected chi connectivity index (χ2v) is 7.96. The Balaban J connectivity index is 2.07. The molecule has 0 aliphatic carbocycles. The number of nitrogens with zero attached hydrogens (tertiary/aromatic N) is 1. The minimum Gasteiger partial charge on any atom is -0.500 e. The molecule has 174 valence electrons. The molecule has 0 saturated heterocycles. The Morgan fingerprint density at radius 2 is 1.85 bits per heavy atom.